The predicted octanol–water partition coefficient (Wildman–Crippen LogP) is 3.01. The summed E-state index contributed by atoms with van der Waals surface area (Å²) in [5, 5.41) is 21.9. The molecule has 1 saturated heterocycles. The molecular weight excluding hydrogens is 508 g/mol. The van der Waals surface area contributed by atoms with E-state index < -0.39 is 40.6 Å². The highest BCUT2D eigenvalue weighted by molar-refractivity contribution is 6.14. The van der Waals surface area contributed by atoms with Crippen LogP contribution in [0.5, 0.6) is 0 Å². The molecule has 1 spiro atoms. The highest BCUT2D eigenvalue weighted by Crippen LogP contribution is 2.64. The first-order valence-electron chi connectivity index (χ1n) is 12.4. The van der Waals surface area contributed by atoms with Gasteiger partial charge in [-0.05, 0) is 30.2 Å². The van der Waals surface area contributed by atoms with E-state index in [-0.39, 0.29) is 17.8 Å². The van der Waals surface area contributed by atoms with E-state index in [0.717, 1.165) is 24.3 Å². The van der Waals surface area contributed by atoms with Gasteiger partial charge in [-0.1, -0.05) is 54.0 Å². The van der Waals surface area contributed by atoms with Crippen molar-refractivity contribution >= 4 is 35.3 Å². The second-order valence-corrected chi connectivity index (χ2v) is 9.74. The van der Waals surface area contributed by atoms with Crippen LogP contribution in [-0.4, -0.2) is 44.7 Å². The van der Waals surface area contributed by atoms with Crippen LogP contribution in [0.4, 0.5) is 11.4 Å². The Morgan fingerprint density at radius 1 is 1.10 bits per heavy atom. The number of benzene rings is 2. The molecule has 0 N–H and O–H groups in total. The molecule has 0 bridgehead atoms. The summed E-state index contributed by atoms with van der Waals surface area (Å²) in [7, 11) is 2.34. The standard InChI is InChI=1S/C31H24N4O5/c1-5-14-34-23-12-10-19(2)15-21(23)31(29(34)38)27(28(37)40-4)24(16-26(36)39-3)35-22-9-7-6-8-20(22)11-13-25(35)30(31,17-32)18-33/h1,6-13,15-16,25,27H,14H2,2-4H3/b24-16+/t25?,27?,31-/m0/s1. The molecular formula is C31H24N4O5. The molecule has 0 radical (unpaired) electrons. The normalized spacial score (nSPS) is 24.3. The van der Waals surface area contributed by atoms with Gasteiger partial charge in [0.1, 0.15) is 11.3 Å². The number of nitriles is 2. The van der Waals surface area contributed by atoms with Crippen molar-refractivity contribution in [3.63, 3.8) is 0 Å². The summed E-state index contributed by atoms with van der Waals surface area (Å²) in [5.74, 6) is -1.52. The number of carbonyl (C=O) groups is 3. The Balaban J connectivity index is 2.00. The number of methoxy groups -OCH3 is 2. The molecule has 0 aliphatic carbocycles. The molecule has 198 valence electrons. The van der Waals surface area contributed by atoms with E-state index >= 15 is 0 Å². The van der Waals surface area contributed by atoms with E-state index in [1.54, 1.807) is 54.3 Å². The van der Waals surface area contributed by atoms with Crippen molar-refractivity contribution in [3.8, 4) is 24.5 Å². The lowest BCUT2D eigenvalue weighted by Gasteiger charge is -2.56. The molecule has 3 aliphatic rings. The zero-order chi connectivity index (χ0) is 28.8. The largest absolute Gasteiger partial charge is 0.468 e. The lowest BCUT2D eigenvalue weighted by Crippen LogP contribution is -2.70. The maximum Gasteiger partial charge on any atom is 0.332 e. The monoisotopic (exact) mass is 532 g/mol. The van der Waals surface area contributed by atoms with Crippen LogP contribution in [-0.2, 0) is 29.3 Å². The third-order valence-electron chi connectivity index (χ3n) is 7.96. The third kappa shape index (κ3) is 3.17. The molecule has 9 heteroatoms. The zero-order valence-corrected chi connectivity index (χ0v) is 22.0. The highest BCUT2D eigenvalue weighted by Gasteiger charge is 2.77. The molecule has 0 aromatic heterocycles. The van der Waals surface area contributed by atoms with E-state index in [1.165, 1.54) is 12.0 Å². The van der Waals surface area contributed by atoms with Crippen molar-refractivity contribution in [2.24, 2.45) is 11.3 Å². The Labute approximate surface area is 231 Å². The number of rotatable bonds is 3. The first kappa shape index (κ1) is 26.3. The number of ether oxygens (including phenoxy) is 2. The summed E-state index contributed by atoms with van der Waals surface area (Å²) in [6.07, 6.45) is 10.2. The van der Waals surface area contributed by atoms with Gasteiger partial charge in [-0.3, -0.25) is 14.5 Å². The average molecular weight is 533 g/mol. The van der Waals surface area contributed by atoms with Crippen LogP contribution in [0.2, 0.25) is 0 Å². The van der Waals surface area contributed by atoms with Gasteiger partial charge in [-0.15, -0.1) is 6.42 Å². The number of para-hydroxylation sites is 1. The van der Waals surface area contributed by atoms with Crippen molar-refractivity contribution in [2.45, 2.75) is 18.4 Å². The summed E-state index contributed by atoms with van der Waals surface area (Å²) in [5.41, 5.74) is -1.58. The number of hydrogen-bond donors (Lipinski definition) is 0. The number of hydrogen-bond acceptors (Lipinski definition) is 8. The molecule has 5 rings (SSSR count). The third-order valence-corrected chi connectivity index (χ3v) is 7.96. The molecule has 3 atom stereocenters. The van der Waals surface area contributed by atoms with Crippen molar-refractivity contribution in [1.29, 1.82) is 10.5 Å². The molecule has 3 aliphatic heterocycles. The number of nitrogens with zero attached hydrogens (tertiary/aromatic N) is 4. The molecule has 9 nitrogen and oxygen atoms in total. The number of amides is 1. The van der Waals surface area contributed by atoms with Crippen LogP contribution in [0.3, 0.4) is 0 Å². The van der Waals surface area contributed by atoms with Crippen molar-refractivity contribution in [3.05, 3.63) is 77.0 Å². The first-order chi connectivity index (χ1) is 19.3. The Hall–Kier alpha value is -5.33. The van der Waals surface area contributed by atoms with E-state index in [4.69, 9.17) is 15.9 Å². The quantitative estimate of drug-likeness (QED) is 0.336. The minimum absolute atomic E-state index is 0.0602. The smallest absolute Gasteiger partial charge is 0.332 e. The van der Waals surface area contributed by atoms with E-state index in [1.807, 2.05) is 12.1 Å². The molecule has 2 unspecified atom stereocenters. The summed E-state index contributed by atoms with van der Waals surface area (Å²) in [4.78, 5) is 44.4. The van der Waals surface area contributed by atoms with Gasteiger partial charge in [-0.2, -0.15) is 10.5 Å². The fourth-order valence-electron chi connectivity index (χ4n) is 6.37. The van der Waals surface area contributed by atoms with Crippen LogP contribution in [0.25, 0.3) is 6.08 Å². The van der Waals surface area contributed by atoms with Gasteiger partial charge < -0.3 is 14.4 Å². The van der Waals surface area contributed by atoms with E-state index in [9.17, 15) is 24.9 Å². The molecule has 3 heterocycles. The summed E-state index contributed by atoms with van der Waals surface area (Å²) in [6, 6.07) is 15.6. The fourth-order valence-corrected chi connectivity index (χ4v) is 6.37. The van der Waals surface area contributed by atoms with Gasteiger partial charge in [-0.25, -0.2) is 4.79 Å². The number of fused-ring (bicyclic) bond motifs is 5. The summed E-state index contributed by atoms with van der Waals surface area (Å²) in [6.45, 7) is 1.63. The fraction of sp³-hybridized carbons (Fsp3) is 0.258. The lowest BCUT2D eigenvalue weighted by atomic mass is 9.49. The van der Waals surface area contributed by atoms with E-state index in [0.29, 0.717) is 11.4 Å². The molecule has 2 aromatic rings. The van der Waals surface area contributed by atoms with Gasteiger partial charge in [0.2, 0.25) is 5.91 Å². The van der Waals surface area contributed by atoms with E-state index in [2.05, 4.69) is 18.1 Å². The zero-order valence-electron chi connectivity index (χ0n) is 22.0. The molecule has 0 saturated carbocycles. The Kier molecular flexibility index (Phi) is 6.21. The number of carbonyl (C=O) groups excluding carboxylic acids is 3. The van der Waals surface area contributed by atoms with Crippen LogP contribution in [0, 0.1) is 53.3 Å². The topological polar surface area (TPSA) is 124 Å². The molecule has 2 aromatic carbocycles. The van der Waals surface area contributed by atoms with Crippen molar-refractivity contribution in [2.75, 3.05) is 30.6 Å². The van der Waals surface area contributed by atoms with Gasteiger partial charge >= 0.3 is 11.9 Å². The summed E-state index contributed by atoms with van der Waals surface area (Å²) >= 11 is 0. The number of aryl methyl sites for hydroxylation is 1. The lowest BCUT2D eigenvalue weighted by molar-refractivity contribution is -0.152. The Morgan fingerprint density at radius 2 is 1.82 bits per heavy atom. The second kappa shape index (κ2) is 9.45. The Morgan fingerprint density at radius 3 is 2.48 bits per heavy atom. The Bertz CT molecular complexity index is 1640. The molecule has 1 fully saturated rings. The summed E-state index contributed by atoms with van der Waals surface area (Å²) < 4.78 is 10.2. The van der Waals surface area contributed by atoms with Gasteiger partial charge in [0.05, 0.1) is 38.9 Å². The molecule has 1 amide bonds. The maximum absolute atomic E-state index is 14.8. The number of esters is 2. The van der Waals surface area contributed by atoms with Gasteiger partial charge in [0, 0.05) is 23.1 Å². The number of terminal acetylenes is 1. The number of piperidine rings is 1. The SMILES string of the molecule is C#CCN1C(=O)[C@]2(c3cc(C)ccc31)C(C(=O)OC)/C(=C\C(=O)OC)N1c3ccccc3C=CC1C2(C#N)C#N. The van der Waals surface area contributed by atoms with Crippen molar-refractivity contribution in [1.82, 2.24) is 0 Å². The minimum Gasteiger partial charge on any atom is -0.468 e. The number of anilines is 2. The van der Waals surface area contributed by atoms with Crippen molar-refractivity contribution < 1.29 is 23.9 Å². The highest BCUT2D eigenvalue weighted by atomic mass is 16.5. The van der Waals surface area contributed by atoms with Gasteiger partial charge in [0.15, 0.2) is 5.41 Å². The average Bonchev–Trinajstić information content (AvgIpc) is 3.20. The van der Waals surface area contributed by atoms with Crippen LogP contribution in [0.15, 0.2) is 60.3 Å². The second-order valence-electron chi connectivity index (χ2n) is 9.74. The van der Waals surface area contributed by atoms with Crippen LogP contribution in [0.1, 0.15) is 16.7 Å². The minimum atomic E-state index is -2.17. The predicted molar refractivity (Wildman–Crippen MR) is 145 cm³/mol. The van der Waals surface area contributed by atoms with Gasteiger partial charge in [0.25, 0.3) is 0 Å². The molecule has 40 heavy (non-hydrogen) atoms. The van der Waals surface area contributed by atoms with Crippen LogP contribution < -0.4 is 9.80 Å². The first-order valence-corrected chi connectivity index (χ1v) is 12.4. The van der Waals surface area contributed by atoms with Crippen LogP contribution >= 0.6 is 0 Å². The maximum atomic E-state index is 14.8.